The summed E-state index contributed by atoms with van der Waals surface area (Å²) >= 11 is 0. The summed E-state index contributed by atoms with van der Waals surface area (Å²) in [7, 11) is 0. The van der Waals surface area contributed by atoms with Crippen molar-refractivity contribution >= 4 is 17.4 Å². The number of carbonyl (C=O) groups is 1. The van der Waals surface area contributed by atoms with Crippen LogP contribution < -0.4 is 11.1 Å². The highest BCUT2D eigenvalue weighted by Crippen LogP contribution is 2.21. The van der Waals surface area contributed by atoms with Crippen molar-refractivity contribution in [1.82, 2.24) is 4.98 Å². The van der Waals surface area contributed by atoms with Gasteiger partial charge in [-0.05, 0) is 43.3 Å². The Bertz CT molecular complexity index is 579. The van der Waals surface area contributed by atoms with E-state index in [-0.39, 0.29) is 17.5 Å². The minimum Gasteiger partial charge on any atom is -0.504 e. The molecule has 1 amide bonds. The topological polar surface area (TPSA) is 88.2 Å². The maximum absolute atomic E-state index is 11.9. The first kappa shape index (κ1) is 11.9. The summed E-state index contributed by atoms with van der Waals surface area (Å²) < 4.78 is 0. The van der Waals surface area contributed by atoms with Gasteiger partial charge in [-0.1, -0.05) is 0 Å². The van der Waals surface area contributed by atoms with Gasteiger partial charge in [-0.15, -0.1) is 0 Å². The standard InChI is InChI=1S/C13H13N3O2/c1-8-2-7-11(17)12(15-8)16-13(18)9-3-5-10(14)6-4-9/h2-7,17H,14H2,1H3,(H,15,16,18). The average molecular weight is 243 g/mol. The Kier molecular flexibility index (Phi) is 3.14. The van der Waals surface area contributed by atoms with Crippen LogP contribution in [0.15, 0.2) is 36.4 Å². The molecule has 2 rings (SSSR count). The molecule has 0 unspecified atom stereocenters. The van der Waals surface area contributed by atoms with Gasteiger partial charge in [0.05, 0.1) is 0 Å². The van der Waals surface area contributed by atoms with E-state index in [1.807, 2.05) is 0 Å². The molecule has 92 valence electrons. The number of nitrogens with one attached hydrogen (secondary N) is 1. The molecule has 0 fully saturated rings. The van der Waals surface area contributed by atoms with Crippen molar-refractivity contribution in [3.8, 4) is 5.75 Å². The van der Waals surface area contributed by atoms with Crippen molar-refractivity contribution in [2.24, 2.45) is 0 Å². The molecule has 0 radical (unpaired) electrons. The normalized spacial score (nSPS) is 10.1. The first-order chi connectivity index (χ1) is 8.56. The highest BCUT2D eigenvalue weighted by atomic mass is 16.3. The molecule has 0 aliphatic heterocycles. The molecular weight excluding hydrogens is 230 g/mol. The summed E-state index contributed by atoms with van der Waals surface area (Å²) in [6.07, 6.45) is 0. The average Bonchev–Trinajstić information content (AvgIpc) is 2.34. The van der Waals surface area contributed by atoms with Crippen LogP contribution in [0.5, 0.6) is 5.75 Å². The molecule has 5 heteroatoms. The number of pyridine rings is 1. The summed E-state index contributed by atoms with van der Waals surface area (Å²) in [6, 6.07) is 9.64. The predicted octanol–water partition coefficient (Wildman–Crippen LogP) is 1.93. The largest absolute Gasteiger partial charge is 0.504 e. The van der Waals surface area contributed by atoms with E-state index in [1.54, 1.807) is 37.3 Å². The lowest BCUT2D eigenvalue weighted by molar-refractivity contribution is 0.102. The molecule has 1 aromatic carbocycles. The molecule has 1 aromatic heterocycles. The lowest BCUT2D eigenvalue weighted by Gasteiger charge is -2.07. The minimum atomic E-state index is -0.344. The van der Waals surface area contributed by atoms with Crippen molar-refractivity contribution in [2.75, 3.05) is 11.1 Å². The SMILES string of the molecule is Cc1ccc(O)c(NC(=O)c2ccc(N)cc2)n1. The fourth-order valence-electron chi connectivity index (χ4n) is 1.46. The van der Waals surface area contributed by atoms with Crippen molar-refractivity contribution in [1.29, 1.82) is 0 Å². The summed E-state index contributed by atoms with van der Waals surface area (Å²) in [6.45, 7) is 1.78. The lowest BCUT2D eigenvalue weighted by atomic mass is 10.2. The lowest BCUT2D eigenvalue weighted by Crippen LogP contribution is -2.13. The fraction of sp³-hybridized carbons (Fsp3) is 0.0769. The molecule has 18 heavy (non-hydrogen) atoms. The first-order valence-electron chi connectivity index (χ1n) is 5.40. The highest BCUT2D eigenvalue weighted by Gasteiger charge is 2.09. The zero-order valence-corrected chi connectivity index (χ0v) is 9.84. The smallest absolute Gasteiger partial charge is 0.256 e. The van der Waals surface area contributed by atoms with Gasteiger partial charge in [-0.3, -0.25) is 4.79 Å². The minimum absolute atomic E-state index is 0.0654. The number of benzene rings is 1. The number of nitrogen functional groups attached to an aromatic ring is 1. The van der Waals surface area contributed by atoms with Gasteiger partial charge in [0.25, 0.3) is 5.91 Å². The fourth-order valence-corrected chi connectivity index (χ4v) is 1.46. The van der Waals surface area contributed by atoms with E-state index >= 15 is 0 Å². The molecule has 2 aromatic rings. The Morgan fingerprint density at radius 1 is 1.22 bits per heavy atom. The Morgan fingerprint density at radius 3 is 2.56 bits per heavy atom. The zero-order valence-electron chi connectivity index (χ0n) is 9.84. The summed E-state index contributed by atoms with van der Waals surface area (Å²) in [5.74, 6) is -0.260. The molecule has 1 heterocycles. The van der Waals surface area contributed by atoms with E-state index in [0.29, 0.717) is 16.9 Å². The number of rotatable bonds is 2. The molecule has 4 N–H and O–H groups in total. The summed E-state index contributed by atoms with van der Waals surface area (Å²) in [5.41, 5.74) is 7.29. The second-order valence-electron chi connectivity index (χ2n) is 3.90. The monoisotopic (exact) mass is 243 g/mol. The zero-order chi connectivity index (χ0) is 13.1. The maximum atomic E-state index is 11.9. The number of carbonyl (C=O) groups excluding carboxylic acids is 1. The van der Waals surface area contributed by atoms with Gasteiger partial charge >= 0.3 is 0 Å². The van der Waals surface area contributed by atoms with Crippen LogP contribution in [0.2, 0.25) is 0 Å². The molecule has 0 spiro atoms. The molecule has 0 aliphatic rings. The first-order valence-corrected chi connectivity index (χ1v) is 5.40. The van der Waals surface area contributed by atoms with Gasteiger partial charge in [-0.25, -0.2) is 4.98 Å². The summed E-state index contributed by atoms with van der Waals surface area (Å²) in [5, 5.41) is 12.1. The predicted molar refractivity (Wildman–Crippen MR) is 69.4 cm³/mol. The van der Waals surface area contributed by atoms with E-state index in [1.165, 1.54) is 6.07 Å². The Labute approximate surface area is 104 Å². The third-order valence-electron chi connectivity index (χ3n) is 2.42. The Morgan fingerprint density at radius 2 is 1.89 bits per heavy atom. The number of aryl methyl sites for hydroxylation is 1. The van der Waals surface area contributed by atoms with Gasteiger partial charge in [0.2, 0.25) is 0 Å². The van der Waals surface area contributed by atoms with Crippen LogP contribution >= 0.6 is 0 Å². The van der Waals surface area contributed by atoms with Crippen molar-refractivity contribution in [3.63, 3.8) is 0 Å². The van der Waals surface area contributed by atoms with E-state index in [4.69, 9.17) is 5.73 Å². The quantitative estimate of drug-likeness (QED) is 0.703. The van der Waals surface area contributed by atoms with Crippen LogP contribution in [0.3, 0.4) is 0 Å². The third kappa shape index (κ3) is 2.57. The van der Waals surface area contributed by atoms with Crippen LogP contribution in [0.4, 0.5) is 11.5 Å². The summed E-state index contributed by atoms with van der Waals surface area (Å²) in [4.78, 5) is 15.9. The van der Waals surface area contributed by atoms with Gasteiger partial charge < -0.3 is 16.2 Å². The molecule has 0 aliphatic carbocycles. The van der Waals surface area contributed by atoms with Crippen LogP contribution in [0.1, 0.15) is 16.1 Å². The molecule has 0 bridgehead atoms. The van der Waals surface area contributed by atoms with E-state index in [0.717, 1.165) is 0 Å². The van der Waals surface area contributed by atoms with Gasteiger partial charge in [0, 0.05) is 16.9 Å². The maximum Gasteiger partial charge on any atom is 0.256 e. The van der Waals surface area contributed by atoms with Crippen LogP contribution in [0.25, 0.3) is 0 Å². The molecule has 0 atom stereocenters. The molecule has 5 nitrogen and oxygen atoms in total. The van der Waals surface area contributed by atoms with E-state index < -0.39 is 0 Å². The Hall–Kier alpha value is -2.56. The number of anilines is 2. The number of aromatic hydroxyl groups is 1. The van der Waals surface area contributed by atoms with Crippen molar-refractivity contribution in [2.45, 2.75) is 6.92 Å². The number of aromatic nitrogens is 1. The van der Waals surface area contributed by atoms with Crippen LogP contribution in [-0.4, -0.2) is 16.0 Å². The van der Waals surface area contributed by atoms with Gasteiger partial charge in [0.15, 0.2) is 11.6 Å². The van der Waals surface area contributed by atoms with Gasteiger partial charge in [0.1, 0.15) is 0 Å². The second kappa shape index (κ2) is 4.75. The van der Waals surface area contributed by atoms with E-state index in [9.17, 15) is 9.90 Å². The Balaban J connectivity index is 2.21. The highest BCUT2D eigenvalue weighted by molar-refractivity contribution is 6.04. The second-order valence-corrected chi connectivity index (χ2v) is 3.90. The third-order valence-corrected chi connectivity index (χ3v) is 2.42. The number of hydrogen-bond donors (Lipinski definition) is 3. The van der Waals surface area contributed by atoms with Crippen molar-refractivity contribution in [3.05, 3.63) is 47.7 Å². The number of hydrogen-bond acceptors (Lipinski definition) is 4. The molecular formula is C13H13N3O2. The van der Waals surface area contributed by atoms with Crippen LogP contribution in [-0.2, 0) is 0 Å². The van der Waals surface area contributed by atoms with Crippen molar-refractivity contribution < 1.29 is 9.90 Å². The van der Waals surface area contributed by atoms with Gasteiger partial charge in [-0.2, -0.15) is 0 Å². The number of nitrogens with zero attached hydrogens (tertiary/aromatic N) is 1. The molecule has 0 saturated heterocycles. The van der Waals surface area contributed by atoms with E-state index in [2.05, 4.69) is 10.3 Å². The number of nitrogens with two attached hydrogens (primary N) is 1. The number of amides is 1. The van der Waals surface area contributed by atoms with Crippen LogP contribution in [0, 0.1) is 6.92 Å². The molecule has 0 saturated carbocycles.